The Balaban J connectivity index is 2.28. The number of carbonyl (C=O) groups is 1. The summed E-state index contributed by atoms with van der Waals surface area (Å²) in [5, 5.41) is 9.93. The third kappa shape index (κ3) is 3.78. The molecule has 1 amide bonds. The van der Waals surface area contributed by atoms with Gasteiger partial charge in [0.05, 0.1) is 23.7 Å². The molecule has 0 bridgehead atoms. The van der Waals surface area contributed by atoms with Crippen molar-refractivity contribution < 1.29 is 23.1 Å². The fraction of sp³-hybridized carbons (Fsp3) is 0.533. The molecule has 122 valence electrons. The number of phenolic OH excluding ortho intramolecular Hbond substituents is 1. The number of sulfone groups is 1. The van der Waals surface area contributed by atoms with Crippen LogP contribution in [0.3, 0.4) is 0 Å². The van der Waals surface area contributed by atoms with Crippen LogP contribution in [0, 0.1) is 6.92 Å². The largest absolute Gasteiger partial charge is 0.507 e. The zero-order valence-electron chi connectivity index (χ0n) is 12.8. The van der Waals surface area contributed by atoms with Gasteiger partial charge in [0, 0.05) is 19.7 Å². The second kappa shape index (κ2) is 6.66. The lowest BCUT2D eigenvalue weighted by molar-refractivity contribution is 0.0621. The van der Waals surface area contributed by atoms with Crippen molar-refractivity contribution in [2.75, 3.05) is 31.8 Å². The number of hydrogen-bond acceptors (Lipinski definition) is 5. The molecule has 22 heavy (non-hydrogen) atoms. The number of rotatable bonds is 5. The molecule has 1 heterocycles. The van der Waals surface area contributed by atoms with E-state index in [0.717, 1.165) is 5.56 Å². The van der Waals surface area contributed by atoms with Crippen molar-refractivity contribution in [2.45, 2.75) is 19.4 Å². The molecule has 1 saturated heterocycles. The molecular weight excluding hydrogens is 306 g/mol. The van der Waals surface area contributed by atoms with Crippen LogP contribution in [0.25, 0.3) is 0 Å². The zero-order chi connectivity index (χ0) is 16.3. The first-order chi connectivity index (χ1) is 10.3. The van der Waals surface area contributed by atoms with E-state index in [9.17, 15) is 18.3 Å². The number of aromatic hydroxyl groups is 1. The van der Waals surface area contributed by atoms with Crippen molar-refractivity contribution in [3.8, 4) is 5.75 Å². The van der Waals surface area contributed by atoms with Crippen LogP contribution in [0.1, 0.15) is 22.3 Å². The highest BCUT2D eigenvalue weighted by molar-refractivity contribution is 7.91. The summed E-state index contributed by atoms with van der Waals surface area (Å²) in [7, 11) is -1.57. The van der Waals surface area contributed by atoms with Crippen LogP contribution >= 0.6 is 0 Å². The number of carbonyl (C=O) groups excluding carboxylic acids is 1. The number of methoxy groups -OCH3 is 1. The van der Waals surface area contributed by atoms with E-state index in [0.29, 0.717) is 19.6 Å². The summed E-state index contributed by atoms with van der Waals surface area (Å²) in [5.74, 6) is -0.400. The lowest BCUT2D eigenvalue weighted by Crippen LogP contribution is -2.43. The Labute approximate surface area is 130 Å². The maximum absolute atomic E-state index is 12.7. The van der Waals surface area contributed by atoms with Gasteiger partial charge in [0.15, 0.2) is 9.84 Å². The predicted octanol–water partition coefficient (Wildman–Crippen LogP) is 0.976. The Morgan fingerprint density at radius 1 is 1.45 bits per heavy atom. The SMILES string of the molecule is COCCN(C(=O)c1cc(C)ccc1O)C1CCS(=O)(=O)C1. The maximum Gasteiger partial charge on any atom is 0.257 e. The minimum absolute atomic E-state index is 0.0327. The van der Waals surface area contributed by atoms with E-state index in [1.165, 1.54) is 18.1 Å². The van der Waals surface area contributed by atoms with Gasteiger partial charge in [-0.25, -0.2) is 8.42 Å². The summed E-state index contributed by atoms with van der Waals surface area (Å²) in [6.45, 7) is 2.44. The van der Waals surface area contributed by atoms with Gasteiger partial charge < -0.3 is 14.7 Å². The number of aryl methyl sites for hydroxylation is 1. The van der Waals surface area contributed by atoms with Crippen LogP contribution in [-0.2, 0) is 14.6 Å². The van der Waals surface area contributed by atoms with Crippen LogP contribution in [0.4, 0.5) is 0 Å². The molecule has 1 aliphatic heterocycles. The predicted molar refractivity (Wildman–Crippen MR) is 82.8 cm³/mol. The topological polar surface area (TPSA) is 83.9 Å². The second-order valence-electron chi connectivity index (χ2n) is 5.57. The van der Waals surface area contributed by atoms with Gasteiger partial charge in [0.1, 0.15) is 5.75 Å². The number of ether oxygens (including phenoxy) is 1. The number of hydrogen-bond donors (Lipinski definition) is 1. The molecule has 1 aromatic carbocycles. The van der Waals surface area contributed by atoms with Crippen molar-refractivity contribution in [3.63, 3.8) is 0 Å². The summed E-state index contributed by atoms with van der Waals surface area (Å²) in [6, 6.07) is 4.43. The monoisotopic (exact) mass is 327 g/mol. The molecule has 1 N–H and O–H groups in total. The third-order valence-electron chi connectivity index (χ3n) is 3.83. The number of phenols is 1. The molecule has 1 atom stereocenters. The summed E-state index contributed by atoms with van der Waals surface area (Å²) in [4.78, 5) is 14.2. The standard InChI is InChI=1S/C15H21NO5S/c1-11-3-4-14(17)13(9-11)15(18)16(6-7-21-2)12-5-8-22(19,20)10-12/h3-4,9,12,17H,5-8,10H2,1-2H3. The Bertz CT molecular complexity index is 656. The van der Waals surface area contributed by atoms with Gasteiger partial charge >= 0.3 is 0 Å². The van der Waals surface area contributed by atoms with Crippen LogP contribution < -0.4 is 0 Å². The summed E-state index contributed by atoms with van der Waals surface area (Å²) in [6.07, 6.45) is 0.421. The lowest BCUT2D eigenvalue weighted by Gasteiger charge is -2.28. The fourth-order valence-corrected chi connectivity index (χ4v) is 4.37. The first-order valence-corrected chi connectivity index (χ1v) is 8.96. The molecule has 0 radical (unpaired) electrons. The van der Waals surface area contributed by atoms with Gasteiger partial charge in [-0.3, -0.25) is 4.79 Å². The molecule has 6 nitrogen and oxygen atoms in total. The van der Waals surface area contributed by atoms with Gasteiger partial charge in [-0.1, -0.05) is 11.6 Å². The fourth-order valence-electron chi connectivity index (χ4n) is 2.64. The molecule has 0 spiro atoms. The van der Waals surface area contributed by atoms with Crippen molar-refractivity contribution >= 4 is 15.7 Å². The van der Waals surface area contributed by atoms with E-state index in [1.54, 1.807) is 12.1 Å². The molecular formula is C15H21NO5S. The average molecular weight is 327 g/mol. The van der Waals surface area contributed by atoms with Crippen LogP contribution in [-0.4, -0.2) is 62.1 Å². The summed E-state index contributed by atoms with van der Waals surface area (Å²) >= 11 is 0. The van der Waals surface area contributed by atoms with Crippen molar-refractivity contribution in [2.24, 2.45) is 0 Å². The summed E-state index contributed by atoms with van der Waals surface area (Å²) < 4.78 is 28.4. The number of nitrogens with zero attached hydrogens (tertiary/aromatic N) is 1. The minimum Gasteiger partial charge on any atom is -0.507 e. The Morgan fingerprint density at radius 3 is 2.77 bits per heavy atom. The molecule has 1 fully saturated rings. The van der Waals surface area contributed by atoms with Crippen molar-refractivity contribution in [1.29, 1.82) is 0 Å². The lowest BCUT2D eigenvalue weighted by atomic mass is 10.1. The number of amides is 1. The van der Waals surface area contributed by atoms with Crippen molar-refractivity contribution in [1.82, 2.24) is 4.90 Å². The first-order valence-electron chi connectivity index (χ1n) is 7.14. The van der Waals surface area contributed by atoms with Gasteiger partial charge in [-0.05, 0) is 25.5 Å². The molecule has 1 unspecified atom stereocenters. The Morgan fingerprint density at radius 2 is 2.18 bits per heavy atom. The van der Waals surface area contributed by atoms with E-state index >= 15 is 0 Å². The highest BCUT2D eigenvalue weighted by Crippen LogP contribution is 2.24. The molecule has 0 saturated carbocycles. The van der Waals surface area contributed by atoms with E-state index in [2.05, 4.69) is 0 Å². The quantitative estimate of drug-likeness (QED) is 0.871. The molecule has 1 aliphatic rings. The molecule has 2 rings (SSSR count). The smallest absolute Gasteiger partial charge is 0.257 e. The van der Waals surface area contributed by atoms with E-state index < -0.39 is 9.84 Å². The average Bonchev–Trinajstić information content (AvgIpc) is 2.82. The van der Waals surface area contributed by atoms with Crippen LogP contribution in [0.15, 0.2) is 18.2 Å². The van der Waals surface area contributed by atoms with E-state index in [4.69, 9.17) is 4.74 Å². The van der Waals surface area contributed by atoms with Gasteiger partial charge in [0.2, 0.25) is 0 Å². The zero-order valence-corrected chi connectivity index (χ0v) is 13.6. The van der Waals surface area contributed by atoms with Crippen molar-refractivity contribution in [3.05, 3.63) is 29.3 Å². The Hall–Kier alpha value is -1.60. The molecule has 1 aromatic rings. The first kappa shape index (κ1) is 16.8. The van der Waals surface area contributed by atoms with Gasteiger partial charge in [-0.15, -0.1) is 0 Å². The van der Waals surface area contributed by atoms with E-state index in [1.807, 2.05) is 6.92 Å². The number of benzene rings is 1. The van der Waals surface area contributed by atoms with Crippen LogP contribution in [0.2, 0.25) is 0 Å². The third-order valence-corrected chi connectivity index (χ3v) is 5.58. The minimum atomic E-state index is -3.10. The normalized spacial score (nSPS) is 20.0. The summed E-state index contributed by atoms with van der Waals surface area (Å²) in [5.41, 5.74) is 1.05. The molecule has 7 heteroatoms. The van der Waals surface area contributed by atoms with Gasteiger partial charge in [-0.2, -0.15) is 0 Å². The van der Waals surface area contributed by atoms with Gasteiger partial charge in [0.25, 0.3) is 5.91 Å². The van der Waals surface area contributed by atoms with Crippen LogP contribution in [0.5, 0.6) is 5.75 Å². The second-order valence-corrected chi connectivity index (χ2v) is 7.80. The highest BCUT2D eigenvalue weighted by atomic mass is 32.2. The molecule has 0 aliphatic carbocycles. The van der Waals surface area contributed by atoms with E-state index in [-0.39, 0.29) is 34.8 Å². The molecule has 0 aromatic heterocycles. The highest BCUT2D eigenvalue weighted by Gasteiger charge is 2.35. The maximum atomic E-state index is 12.7. The Kier molecular flexibility index (Phi) is 5.08.